The Morgan fingerprint density at radius 1 is 1.36 bits per heavy atom. The zero-order valence-electron chi connectivity index (χ0n) is 8.32. The number of morpholine rings is 1. The summed E-state index contributed by atoms with van der Waals surface area (Å²) in [5.41, 5.74) is 0. The van der Waals surface area contributed by atoms with Gasteiger partial charge in [0.1, 0.15) is 6.61 Å². The van der Waals surface area contributed by atoms with Crippen LogP contribution in [0.25, 0.3) is 0 Å². The lowest BCUT2D eigenvalue weighted by molar-refractivity contribution is -0.143. The summed E-state index contributed by atoms with van der Waals surface area (Å²) in [7, 11) is 0. The topological polar surface area (TPSA) is 55.8 Å². The number of hydrogen-bond acceptors (Lipinski definition) is 4. The van der Waals surface area contributed by atoms with Crippen LogP contribution in [0.1, 0.15) is 13.3 Å². The average Bonchev–Trinajstić information content (AvgIpc) is 2.18. The van der Waals surface area contributed by atoms with E-state index in [1.165, 1.54) is 6.92 Å². The van der Waals surface area contributed by atoms with Crippen LogP contribution in [0.4, 0.5) is 0 Å². The molecule has 0 radical (unpaired) electrons. The Kier molecular flexibility index (Phi) is 4.39. The Hall–Kier alpha value is -1.10. The molecule has 0 spiro atoms. The van der Waals surface area contributed by atoms with Gasteiger partial charge in [-0.15, -0.1) is 0 Å². The highest BCUT2D eigenvalue weighted by atomic mass is 16.5. The fourth-order valence-corrected chi connectivity index (χ4v) is 1.25. The third-order valence-corrected chi connectivity index (χ3v) is 1.99. The smallest absolute Gasteiger partial charge is 0.302 e. The Bertz CT molecular complexity index is 211. The normalized spacial score (nSPS) is 16.5. The van der Waals surface area contributed by atoms with Gasteiger partial charge >= 0.3 is 5.97 Å². The second-order valence-electron chi connectivity index (χ2n) is 3.08. The number of amides is 1. The number of ether oxygens (including phenoxy) is 2. The van der Waals surface area contributed by atoms with Gasteiger partial charge in [-0.05, 0) is 0 Å². The molecule has 1 saturated heterocycles. The minimum atomic E-state index is -0.347. The second-order valence-corrected chi connectivity index (χ2v) is 3.08. The molecule has 0 unspecified atom stereocenters. The lowest BCUT2D eigenvalue weighted by atomic mass is 10.3. The Labute approximate surface area is 83.0 Å². The lowest BCUT2D eigenvalue weighted by Gasteiger charge is -2.26. The molecule has 80 valence electrons. The molecule has 0 saturated carbocycles. The van der Waals surface area contributed by atoms with Crippen molar-refractivity contribution < 1.29 is 19.1 Å². The summed E-state index contributed by atoms with van der Waals surface area (Å²) >= 11 is 0. The fourth-order valence-electron chi connectivity index (χ4n) is 1.25. The molecule has 0 atom stereocenters. The molecular weight excluding hydrogens is 186 g/mol. The van der Waals surface area contributed by atoms with Crippen molar-refractivity contribution in [3.8, 4) is 0 Å². The van der Waals surface area contributed by atoms with Crippen LogP contribution in [0.2, 0.25) is 0 Å². The maximum Gasteiger partial charge on any atom is 0.302 e. The third-order valence-electron chi connectivity index (χ3n) is 1.99. The molecule has 1 heterocycles. The van der Waals surface area contributed by atoms with Crippen molar-refractivity contribution in [1.29, 1.82) is 0 Å². The van der Waals surface area contributed by atoms with E-state index in [0.717, 1.165) is 0 Å². The molecule has 0 aromatic carbocycles. The van der Waals surface area contributed by atoms with Crippen LogP contribution in [0, 0.1) is 0 Å². The predicted octanol–water partition coefficient (Wildman–Crippen LogP) is -0.202. The largest absolute Gasteiger partial charge is 0.465 e. The highest BCUT2D eigenvalue weighted by Gasteiger charge is 2.16. The number of carbonyl (C=O) groups is 2. The van der Waals surface area contributed by atoms with Gasteiger partial charge in [0.2, 0.25) is 5.91 Å². The number of esters is 1. The van der Waals surface area contributed by atoms with Gasteiger partial charge in [0, 0.05) is 20.0 Å². The van der Waals surface area contributed by atoms with E-state index in [0.29, 0.717) is 26.3 Å². The molecule has 5 heteroatoms. The molecule has 0 aromatic rings. The van der Waals surface area contributed by atoms with Crippen LogP contribution >= 0.6 is 0 Å². The third kappa shape index (κ3) is 3.74. The van der Waals surface area contributed by atoms with Crippen molar-refractivity contribution in [3.05, 3.63) is 0 Å². The van der Waals surface area contributed by atoms with Gasteiger partial charge in [-0.1, -0.05) is 0 Å². The first-order chi connectivity index (χ1) is 6.70. The Balaban J connectivity index is 2.16. The minimum absolute atomic E-state index is 0.0227. The van der Waals surface area contributed by atoms with E-state index in [-0.39, 0.29) is 24.9 Å². The monoisotopic (exact) mass is 201 g/mol. The summed E-state index contributed by atoms with van der Waals surface area (Å²) in [5, 5.41) is 0. The molecule has 14 heavy (non-hydrogen) atoms. The van der Waals surface area contributed by atoms with E-state index in [1.807, 2.05) is 0 Å². The summed E-state index contributed by atoms with van der Waals surface area (Å²) < 4.78 is 9.80. The summed E-state index contributed by atoms with van der Waals surface area (Å²) in [6.45, 7) is 3.97. The average molecular weight is 201 g/mol. The minimum Gasteiger partial charge on any atom is -0.465 e. The summed E-state index contributed by atoms with van der Waals surface area (Å²) in [6.07, 6.45) is 0.263. The summed E-state index contributed by atoms with van der Waals surface area (Å²) in [5.74, 6) is -0.325. The number of hydrogen-bond donors (Lipinski definition) is 0. The molecule has 0 N–H and O–H groups in total. The first-order valence-electron chi connectivity index (χ1n) is 4.69. The fraction of sp³-hybridized carbons (Fsp3) is 0.778. The first-order valence-corrected chi connectivity index (χ1v) is 4.69. The molecule has 5 nitrogen and oxygen atoms in total. The molecule has 1 fully saturated rings. The number of rotatable bonds is 3. The van der Waals surface area contributed by atoms with Gasteiger partial charge in [-0.3, -0.25) is 9.59 Å². The van der Waals surface area contributed by atoms with Gasteiger partial charge in [0.05, 0.1) is 19.6 Å². The highest BCUT2D eigenvalue weighted by molar-refractivity contribution is 5.76. The number of nitrogens with zero attached hydrogens (tertiary/aromatic N) is 1. The molecule has 1 rings (SSSR count). The Morgan fingerprint density at radius 2 is 2.00 bits per heavy atom. The van der Waals surface area contributed by atoms with Crippen molar-refractivity contribution in [2.24, 2.45) is 0 Å². The zero-order chi connectivity index (χ0) is 10.4. The predicted molar refractivity (Wildman–Crippen MR) is 48.6 cm³/mol. The van der Waals surface area contributed by atoms with Crippen LogP contribution in [-0.2, 0) is 19.1 Å². The van der Waals surface area contributed by atoms with Gasteiger partial charge in [0.15, 0.2) is 0 Å². The molecule has 0 bridgehead atoms. The molecule has 1 amide bonds. The summed E-state index contributed by atoms with van der Waals surface area (Å²) in [4.78, 5) is 23.6. The van der Waals surface area contributed by atoms with Crippen molar-refractivity contribution in [2.75, 3.05) is 32.9 Å². The van der Waals surface area contributed by atoms with Crippen LogP contribution in [0.15, 0.2) is 0 Å². The van der Waals surface area contributed by atoms with Crippen LogP contribution in [0.3, 0.4) is 0 Å². The van der Waals surface area contributed by atoms with Crippen LogP contribution in [0.5, 0.6) is 0 Å². The van der Waals surface area contributed by atoms with E-state index in [9.17, 15) is 9.59 Å². The molecule has 0 aromatic heterocycles. The van der Waals surface area contributed by atoms with Crippen molar-refractivity contribution >= 4 is 11.9 Å². The lowest BCUT2D eigenvalue weighted by Crippen LogP contribution is -2.41. The van der Waals surface area contributed by atoms with Crippen molar-refractivity contribution in [3.63, 3.8) is 0 Å². The van der Waals surface area contributed by atoms with Gasteiger partial charge in [-0.2, -0.15) is 0 Å². The van der Waals surface area contributed by atoms with Gasteiger partial charge in [0.25, 0.3) is 0 Å². The standard InChI is InChI=1S/C9H15NO4/c1-8(11)14-5-2-9(12)10-3-6-13-7-4-10/h2-7H2,1H3. The maximum atomic E-state index is 11.5. The van der Waals surface area contributed by atoms with Gasteiger partial charge in [-0.25, -0.2) is 0 Å². The SMILES string of the molecule is CC(=O)OCCC(=O)N1CCOCC1. The zero-order valence-corrected chi connectivity index (χ0v) is 8.32. The van der Waals surface area contributed by atoms with E-state index < -0.39 is 0 Å². The van der Waals surface area contributed by atoms with E-state index in [1.54, 1.807) is 4.90 Å². The molecule has 1 aliphatic heterocycles. The quantitative estimate of drug-likeness (QED) is 0.593. The molecule has 0 aliphatic carbocycles. The Morgan fingerprint density at radius 3 is 2.57 bits per heavy atom. The van der Waals surface area contributed by atoms with E-state index in [2.05, 4.69) is 4.74 Å². The van der Waals surface area contributed by atoms with E-state index >= 15 is 0 Å². The molecule has 1 aliphatic rings. The highest BCUT2D eigenvalue weighted by Crippen LogP contribution is 2.00. The first kappa shape index (κ1) is 11.0. The second kappa shape index (κ2) is 5.59. The maximum absolute atomic E-state index is 11.5. The van der Waals surface area contributed by atoms with Gasteiger partial charge < -0.3 is 14.4 Å². The number of carbonyl (C=O) groups excluding carboxylic acids is 2. The summed E-state index contributed by atoms with van der Waals surface area (Å²) in [6, 6.07) is 0. The van der Waals surface area contributed by atoms with Crippen molar-refractivity contribution in [2.45, 2.75) is 13.3 Å². The molecular formula is C9H15NO4. The van der Waals surface area contributed by atoms with E-state index in [4.69, 9.17) is 4.74 Å². The van der Waals surface area contributed by atoms with Crippen molar-refractivity contribution in [1.82, 2.24) is 4.90 Å². The van der Waals surface area contributed by atoms with Crippen LogP contribution in [-0.4, -0.2) is 49.7 Å². The van der Waals surface area contributed by atoms with Crippen LogP contribution < -0.4 is 0 Å².